The molecule has 16 heavy (non-hydrogen) atoms. The predicted octanol–water partition coefficient (Wildman–Crippen LogP) is 3.05. The van der Waals surface area contributed by atoms with Crippen molar-refractivity contribution in [3.8, 4) is 0 Å². The smallest absolute Gasteiger partial charge is 0.0586 e. The van der Waals surface area contributed by atoms with Gasteiger partial charge in [0.05, 0.1) is 6.10 Å². The lowest BCUT2D eigenvalue weighted by atomic mass is 9.92. The third-order valence-corrected chi connectivity index (χ3v) is 4.74. The predicted molar refractivity (Wildman–Crippen MR) is 71.1 cm³/mol. The molecule has 0 amide bonds. The Bertz CT molecular complexity index is 212. The van der Waals surface area contributed by atoms with Gasteiger partial charge in [0.15, 0.2) is 0 Å². The fourth-order valence-electron chi connectivity index (χ4n) is 3.25. The van der Waals surface area contributed by atoms with Crippen LogP contribution in [0.2, 0.25) is 0 Å². The van der Waals surface area contributed by atoms with E-state index in [1.807, 2.05) is 7.11 Å². The second-order valence-corrected chi connectivity index (χ2v) is 6.10. The minimum atomic E-state index is 0.522. The van der Waals surface area contributed by atoms with Gasteiger partial charge in [-0.3, -0.25) is 0 Å². The van der Waals surface area contributed by atoms with Crippen LogP contribution in [-0.4, -0.2) is 42.6 Å². The van der Waals surface area contributed by atoms with Crippen LogP contribution in [0.25, 0.3) is 0 Å². The van der Waals surface area contributed by atoms with Gasteiger partial charge in [-0.05, 0) is 51.0 Å². The fraction of sp³-hybridized carbons (Fsp3) is 1.00. The average molecular weight is 290 g/mol. The number of hydrogen-bond acceptors (Lipinski definition) is 2. The van der Waals surface area contributed by atoms with Crippen molar-refractivity contribution in [1.82, 2.24) is 4.90 Å². The monoisotopic (exact) mass is 289 g/mol. The summed E-state index contributed by atoms with van der Waals surface area (Å²) in [7, 11) is 1.87. The Morgan fingerprint density at radius 2 is 2.19 bits per heavy atom. The zero-order chi connectivity index (χ0) is 11.4. The van der Waals surface area contributed by atoms with Gasteiger partial charge in [0.25, 0.3) is 0 Å². The topological polar surface area (TPSA) is 12.5 Å². The first-order valence-electron chi connectivity index (χ1n) is 6.66. The second-order valence-electron chi connectivity index (χ2n) is 5.31. The molecule has 2 fully saturated rings. The maximum atomic E-state index is 5.52. The van der Waals surface area contributed by atoms with Crippen molar-refractivity contribution in [1.29, 1.82) is 0 Å². The van der Waals surface area contributed by atoms with Gasteiger partial charge in [-0.1, -0.05) is 15.9 Å². The molecule has 94 valence electrons. The van der Waals surface area contributed by atoms with Crippen LogP contribution in [0.5, 0.6) is 0 Å². The maximum Gasteiger partial charge on any atom is 0.0586 e. The summed E-state index contributed by atoms with van der Waals surface area (Å²) in [5.74, 6) is 0.933. The van der Waals surface area contributed by atoms with Gasteiger partial charge in [-0.15, -0.1) is 0 Å². The lowest BCUT2D eigenvalue weighted by molar-refractivity contribution is 0.0332. The summed E-state index contributed by atoms with van der Waals surface area (Å²) in [6, 6.07) is 0.805. The molecule has 1 saturated carbocycles. The molecule has 1 aliphatic heterocycles. The summed E-state index contributed by atoms with van der Waals surface area (Å²) in [6.45, 7) is 2.64. The van der Waals surface area contributed by atoms with Crippen molar-refractivity contribution >= 4 is 15.9 Å². The van der Waals surface area contributed by atoms with E-state index in [0.29, 0.717) is 6.10 Å². The standard InChI is InChI=1S/C13H24BrNO/c1-16-13-4-2-3-12(9-13)15-8-6-11(10-15)5-7-14/h11-13H,2-10H2,1H3. The number of nitrogens with zero attached hydrogens (tertiary/aromatic N) is 1. The van der Waals surface area contributed by atoms with Crippen LogP contribution in [0, 0.1) is 5.92 Å². The van der Waals surface area contributed by atoms with Gasteiger partial charge in [-0.2, -0.15) is 0 Å². The van der Waals surface area contributed by atoms with E-state index in [-0.39, 0.29) is 0 Å². The molecule has 0 spiro atoms. The molecule has 2 rings (SSSR count). The highest BCUT2D eigenvalue weighted by Gasteiger charge is 2.31. The lowest BCUT2D eigenvalue weighted by Crippen LogP contribution is -2.39. The van der Waals surface area contributed by atoms with Crippen molar-refractivity contribution in [3.05, 3.63) is 0 Å². The molecule has 3 heteroatoms. The summed E-state index contributed by atoms with van der Waals surface area (Å²) in [5.41, 5.74) is 0. The van der Waals surface area contributed by atoms with Crippen LogP contribution in [0.1, 0.15) is 38.5 Å². The molecule has 1 heterocycles. The highest BCUT2D eigenvalue weighted by Crippen LogP contribution is 2.30. The molecule has 1 aliphatic carbocycles. The Morgan fingerprint density at radius 3 is 2.94 bits per heavy atom. The first kappa shape index (κ1) is 12.8. The minimum Gasteiger partial charge on any atom is -0.381 e. The number of alkyl halides is 1. The molecular weight excluding hydrogens is 266 g/mol. The van der Waals surface area contributed by atoms with Gasteiger partial charge in [-0.25, -0.2) is 0 Å². The van der Waals surface area contributed by atoms with E-state index in [1.54, 1.807) is 0 Å². The zero-order valence-electron chi connectivity index (χ0n) is 10.3. The van der Waals surface area contributed by atoms with Crippen molar-refractivity contribution in [3.63, 3.8) is 0 Å². The van der Waals surface area contributed by atoms with Crippen LogP contribution in [-0.2, 0) is 4.74 Å². The molecule has 0 radical (unpaired) electrons. The number of likely N-dealkylation sites (tertiary alicyclic amines) is 1. The van der Waals surface area contributed by atoms with Crippen LogP contribution in [0.3, 0.4) is 0 Å². The van der Waals surface area contributed by atoms with Gasteiger partial charge >= 0.3 is 0 Å². The maximum absolute atomic E-state index is 5.52. The van der Waals surface area contributed by atoms with Crippen molar-refractivity contribution in [2.75, 3.05) is 25.5 Å². The lowest BCUT2D eigenvalue weighted by Gasteiger charge is -2.34. The number of rotatable bonds is 4. The quantitative estimate of drug-likeness (QED) is 0.738. The third kappa shape index (κ3) is 3.21. The summed E-state index contributed by atoms with van der Waals surface area (Å²) < 4.78 is 5.52. The SMILES string of the molecule is COC1CCCC(N2CCC(CCBr)C2)C1. The Hall–Kier alpha value is 0.400. The van der Waals surface area contributed by atoms with Crippen molar-refractivity contribution in [2.45, 2.75) is 50.7 Å². The zero-order valence-corrected chi connectivity index (χ0v) is 11.9. The first-order chi connectivity index (χ1) is 7.83. The minimum absolute atomic E-state index is 0.522. The number of halogens is 1. The first-order valence-corrected chi connectivity index (χ1v) is 7.78. The summed E-state index contributed by atoms with van der Waals surface area (Å²) in [6.07, 6.45) is 8.54. The van der Waals surface area contributed by atoms with Crippen LogP contribution in [0.15, 0.2) is 0 Å². The van der Waals surface area contributed by atoms with Gasteiger partial charge in [0, 0.05) is 25.0 Å². The molecule has 1 saturated heterocycles. The number of hydrogen-bond donors (Lipinski definition) is 0. The van der Waals surface area contributed by atoms with E-state index in [4.69, 9.17) is 4.74 Å². The van der Waals surface area contributed by atoms with Crippen LogP contribution >= 0.6 is 15.9 Å². The average Bonchev–Trinajstić information content (AvgIpc) is 2.78. The van der Waals surface area contributed by atoms with Gasteiger partial charge in [0.2, 0.25) is 0 Å². The van der Waals surface area contributed by atoms with E-state index in [1.165, 1.54) is 51.6 Å². The Labute approximate surface area is 108 Å². The largest absolute Gasteiger partial charge is 0.381 e. The third-order valence-electron chi connectivity index (χ3n) is 4.28. The highest BCUT2D eigenvalue weighted by molar-refractivity contribution is 9.09. The summed E-state index contributed by atoms with van der Waals surface area (Å²) in [5, 5.41) is 1.16. The number of methoxy groups -OCH3 is 1. The van der Waals surface area contributed by atoms with E-state index < -0.39 is 0 Å². The molecule has 0 N–H and O–H groups in total. The van der Waals surface area contributed by atoms with Gasteiger partial charge < -0.3 is 9.64 Å². The van der Waals surface area contributed by atoms with Crippen LogP contribution in [0.4, 0.5) is 0 Å². The van der Waals surface area contributed by atoms with E-state index in [2.05, 4.69) is 20.8 Å². The highest BCUT2D eigenvalue weighted by atomic mass is 79.9. The molecular formula is C13H24BrNO. The normalized spacial score (nSPS) is 36.8. The van der Waals surface area contributed by atoms with Crippen molar-refractivity contribution < 1.29 is 4.74 Å². The molecule has 0 aromatic rings. The second kappa shape index (κ2) is 6.36. The van der Waals surface area contributed by atoms with Crippen LogP contribution < -0.4 is 0 Å². The Balaban J connectivity index is 1.79. The molecule has 2 nitrogen and oxygen atoms in total. The fourth-order valence-corrected chi connectivity index (χ4v) is 3.90. The Morgan fingerprint density at radius 1 is 1.31 bits per heavy atom. The van der Waals surface area contributed by atoms with E-state index in [0.717, 1.165) is 17.3 Å². The van der Waals surface area contributed by atoms with E-state index in [9.17, 15) is 0 Å². The van der Waals surface area contributed by atoms with E-state index >= 15 is 0 Å². The molecule has 3 unspecified atom stereocenters. The summed E-state index contributed by atoms with van der Waals surface area (Å²) >= 11 is 3.56. The molecule has 0 bridgehead atoms. The summed E-state index contributed by atoms with van der Waals surface area (Å²) in [4.78, 5) is 2.72. The molecule has 0 aromatic carbocycles. The van der Waals surface area contributed by atoms with Gasteiger partial charge in [0.1, 0.15) is 0 Å². The number of ether oxygens (including phenoxy) is 1. The molecule has 2 aliphatic rings. The molecule has 0 aromatic heterocycles. The molecule has 3 atom stereocenters. The Kier molecular flexibility index (Phi) is 5.11. The van der Waals surface area contributed by atoms with Crippen molar-refractivity contribution in [2.24, 2.45) is 5.92 Å².